The van der Waals surface area contributed by atoms with E-state index in [2.05, 4.69) is 43.3 Å². The van der Waals surface area contributed by atoms with E-state index in [4.69, 9.17) is 5.73 Å². The summed E-state index contributed by atoms with van der Waals surface area (Å²) in [5, 5.41) is 7.09. The molecule has 2 heterocycles. The van der Waals surface area contributed by atoms with Crippen molar-refractivity contribution in [3.05, 3.63) is 42.5 Å². The van der Waals surface area contributed by atoms with E-state index >= 15 is 0 Å². The number of hydrogen-bond acceptors (Lipinski definition) is 7. The van der Waals surface area contributed by atoms with Crippen molar-refractivity contribution in [2.45, 2.75) is 13.3 Å². The number of nitrogens with zero attached hydrogens (tertiary/aromatic N) is 6. The van der Waals surface area contributed by atoms with Crippen molar-refractivity contribution >= 4 is 17.6 Å². The fraction of sp³-hybridized carbons (Fsp3) is 0.154. The molecule has 0 spiro atoms. The number of benzene rings is 1. The minimum atomic E-state index is 0.115. The van der Waals surface area contributed by atoms with E-state index in [-0.39, 0.29) is 5.95 Å². The molecular formula is C13H14N8. The number of nitrogens with one attached hydrogen (secondary N) is 1. The van der Waals surface area contributed by atoms with Crippen molar-refractivity contribution in [2.75, 3.05) is 11.1 Å². The molecule has 3 rings (SSSR count). The summed E-state index contributed by atoms with van der Waals surface area (Å²) in [7, 11) is 0. The highest BCUT2D eigenvalue weighted by Crippen LogP contribution is 2.16. The second kappa shape index (κ2) is 5.53. The Bertz CT molecular complexity index is 738. The van der Waals surface area contributed by atoms with Gasteiger partial charge in [-0.05, 0) is 24.1 Å². The lowest BCUT2D eigenvalue weighted by atomic mass is 10.1. The molecule has 0 atom stereocenters. The molecule has 0 radical (unpaired) electrons. The van der Waals surface area contributed by atoms with Gasteiger partial charge in [-0.25, -0.2) is 4.98 Å². The van der Waals surface area contributed by atoms with Gasteiger partial charge in [0.2, 0.25) is 11.9 Å². The minimum absolute atomic E-state index is 0.115. The van der Waals surface area contributed by atoms with Gasteiger partial charge in [0.25, 0.3) is 5.95 Å². The topological polar surface area (TPSA) is 107 Å². The fourth-order valence-corrected chi connectivity index (χ4v) is 1.85. The Balaban J connectivity index is 1.91. The molecule has 1 aromatic carbocycles. The Labute approximate surface area is 121 Å². The summed E-state index contributed by atoms with van der Waals surface area (Å²) in [4.78, 5) is 16.2. The maximum Gasteiger partial charge on any atom is 0.258 e. The van der Waals surface area contributed by atoms with Gasteiger partial charge in [-0.15, -0.1) is 0 Å². The summed E-state index contributed by atoms with van der Waals surface area (Å²) in [6.07, 6.45) is 3.85. The number of aryl methyl sites for hydroxylation is 1. The van der Waals surface area contributed by atoms with Crippen LogP contribution in [0.2, 0.25) is 0 Å². The van der Waals surface area contributed by atoms with Crippen molar-refractivity contribution < 1.29 is 0 Å². The summed E-state index contributed by atoms with van der Waals surface area (Å²) in [6.45, 7) is 2.10. The zero-order valence-corrected chi connectivity index (χ0v) is 11.4. The first-order valence-electron chi connectivity index (χ1n) is 6.47. The number of anilines is 3. The second-order valence-corrected chi connectivity index (χ2v) is 4.34. The van der Waals surface area contributed by atoms with Crippen LogP contribution in [0.1, 0.15) is 12.5 Å². The highest BCUT2D eigenvalue weighted by molar-refractivity contribution is 5.55. The molecule has 0 aliphatic carbocycles. The third kappa shape index (κ3) is 2.94. The molecule has 3 N–H and O–H groups in total. The minimum Gasteiger partial charge on any atom is -0.368 e. The van der Waals surface area contributed by atoms with Crippen LogP contribution in [-0.4, -0.2) is 29.7 Å². The lowest BCUT2D eigenvalue weighted by molar-refractivity contribution is 0.800. The van der Waals surface area contributed by atoms with Gasteiger partial charge in [0, 0.05) is 5.69 Å². The van der Waals surface area contributed by atoms with Crippen molar-refractivity contribution in [1.29, 1.82) is 0 Å². The van der Waals surface area contributed by atoms with E-state index in [0.29, 0.717) is 11.9 Å². The summed E-state index contributed by atoms with van der Waals surface area (Å²) in [6, 6.07) is 8.02. The van der Waals surface area contributed by atoms with Gasteiger partial charge in [-0.2, -0.15) is 24.7 Å². The monoisotopic (exact) mass is 282 g/mol. The molecule has 106 valence electrons. The normalized spacial score (nSPS) is 10.5. The van der Waals surface area contributed by atoms with Gasteiger partial charge in [0.15, 0.2) is 0 Å². The van der Waals surface area contributed by atoms with Gasteiger partial charge >= 0.3 is 0 Å². The Morgan fingerprint density at radius 2 is 2.14 bits per heavy atom. The predicted octanol–water partition coefficient (Wildman–Crippen LogP) is 1.34. The Morgan fingerprint density at radius 1 is 1.24 bits per heavy atom. The van der Waals surface area contributed by atoms with E-state index in [9.17, 15) is 0 Å². The molecule has 0 amide bonds. The standard InChI is InChI=1S/C13H14N8/c1-2-9-4-3-5-10(6-9)17-12-18-11(14)19-13(20-12)21-8-15-7-16-21/h3-8H,2H2,1H3,(H3,14,17,18,19,20). The van der Waals surface area contributed by atoms with Crippen LogP contribution in [0.15, 0.2) is 36.9 Å². The smallest absolute Gasteiger partial charge is 0.258 e. The van der Waals surface area contributed by atoms with Gasteiger partial charge in [-0.3, -0.25) is 0 Å². The van der Waals surface area contributed by atoms with Gasteiger partial charge in [0.1, 0.15) is 12.7 Å². The van der Waals surface area contributed by atoms with E-state index in [0.717, 1.165) is 12.1 Å². The quantitative estimate of drug-likeness (QED) is 0.743. The van der Waals surface area contributed by atoms with Crippen LogP contribution in [0.5, 0.6) is 0 Å². The molecule has 2 aromatic heterocycles. The lowest BCUT2D eigenvalue weighted by Crippen LogP contribution is -2.09. The van der Waals surface area contributed by atoms with Crippen molar-refractivity contribution in [1.82, 2.24) is 29.7 Å². The molecule has 8 heteroatoms. The third-order valence-electron chi connectivity index (χ3n) is 2.86. The van der Waals surface area contributed by atoms with E-state index in [1.165, 1.54) is 22.9 Å². The highest BCUT2D eigenvalue weighted by atomic mass is 15.4. The number of rotatable bonds is 4. The van der Waals surface area contributed by atoms with Crippen LogP contribution in [-0.2, 0) is 6.42 Å². The van der Waals surface area contributed by atoms with E-state index in [1.54, 1.807) is 0 Å². The zero-order chi connectivity index (χ0) is 14.7. The highest BCUT2D eigenvalue weighted by Gasteiger charge is 2.07. The zero-order valence-electron chi connectivity index (χ0n) is 11.4. The van der Waals surface area contributed by atoms with Crippen LogP contribution >= 0.6 is 0 Å². The average molecular weight is 282 g/mol. The first kappa shape index (κ1) is 13.0. The van der Waals surface area contributed by atoms with Crippen molar-refractivity contribution in [3.8, 4) is 5.95 Å². The van der Waals surface area contributed by atoms with Gasteiger partial charge in [-0.1, -0.05) is 19.1 Å². The maximum absolute atomic E-state index is 5.71. The Hall–Kier alpha value is -3.03. The van der Waals surface area contributed by atoms with Gasteiger partial charge in [0.05, 0.1) is 0 Å². The van der Waals surface area contributed by atoms with Crippen LogP contribution in [0.4, 0.5) is 17.6 Å². The molecule has 0 bridgehead atoms. The Morgan fingerprint density at radius 3 is 2.90 bits per heavy atom. The van der Waals surface area contributed by atoms with Gasteiger partial charge < -0.3 is 11.1 Å². The number of hydrogen-bond donors (Lipinski definition) is 2. The molecule has 0 unspecified atom stereocenters. The van der Waals surface area contributed by atoms with Crippen LogP contribution in [0.3, 0.4) is 0 Å². The molecule has 0 saturated carbocycles. The summed E-state index contributed by atoms with van der Waals surface area (Å²) in [5.74, 6) is 0.792. The summed E-state index contributed by atoms with van der Waals surface area (Å²) < 4.78 is 1.42. The predicted molar refractivity (Wildman–Crippen MR) is 78.3 cm³/mol. The van der Waals surface area contributed by atoms with E-state index < -0.39 is 0 Å². The average Bonchev–Trinajstić information content (AvgIpc) is 3.01. The molecule has 0 aliphatic heterocycles. The number of nitrogen functional groups attached to an aromatic ring is 1. The number of nitrogens with two attached hydrogens (primary N) is 1. The molecular weight excluding hydrogens is 268 g/mol. The third-order valence-corrected chi connectivity index (χ3v) is 2.86. The van der Waals surface area contributed by atoms with Crippen molar-refractivity contribution in [2.24, 2.45) is 0 Å². The molecule has 3 aromatic rings. The van der Waals surface area contributed by atoms with E-state index in [1.807, 2.05) is 18.2 Å². The first-order valence-corrected chi connectivity index (χ1v) is 6.47. The molecule has 21 heavy (non-hydrogen) atoms. The fourth-order valence-electron chi connectivity index (χ4n) is 1.85. The van der Waals surface area contributed by atoms with Crippen LogP contribution in [0.25, 0.3) is 5.95 Å². The summed E-state index contributed by atoms with van der Waals surface area (Å²) >= 11 is 0. The first-order chi connectivity index (χ1) is 10.2. The Kier molecular flexibility index (Phi) is 3.42. The second-order valence-electron chi connectivity index (χ2n) is 4.34. The van der Waals surface area contributed by atoms with Crippen molar-refractivity contribution in [3.63, 3.8) is 0 Å². The summed E-state index contributed by atoms with van der Waals surface area (Å²) in [5.41, 5.74) is 7.83. The maximum atomic E-state index is 5.71. The lowest BCUT2D eigenvalue weighted by Gasteiger charge is -2.08. The van der Waals surface area contributed by atoms with Crippen LogP contribution in [0, 0.1) is 0 Å². The molecule has 0 aliphatic rings. The molecule has 8 nitrogen and oxygen atoms in total. The largest absolute Gasteiger partial charge is 0.368 e. The number of aromatic nitrogens is 6. The van der Waals surface area contributed by atoms with Crippen LogP contribution < -0.4 is 11.1 Å². The SMILES string of the molecule is CCc1cccc(Nc2nc(N)nc(-n3cncn3)n2)c1. The molecule has 0 saturated heterocycles. The molecule has 0 fully saturated rings.